The van der Waals surface area contributed by atoms with Gasteiger partial charge in [-0.05, 0) is 0 Å². The Morgan fingerprint density at radius 3 is 2.87 bits per heavy atom. The molecule has 1 aromatic rings. The van der Waals surface area contributed by atoms with Gasteiger partial charge in [-0.25, -0.2) is 8.78 Å². The normalized spacial score (nSPS) is 16.0. The molecule has 3 N–H and O–H groups in total. The lowest BCUT2D eigenvalue weighted by Crippen LogP contribution is -2.18. The third-order valence-electron chi connectivity index (χ3n) is 2.49. The van der Waals surface area contributed by atoms with Crippen molar-refractivity contribution in [2.24, 2.45) is 5.73 Å². The van der Waals surface area contributed by atoms with Gasteiger partial charge in [0, 0.05) is 23.6 Å². The fourth-order valence-corrected chi connectivity index (χ4v) is 1.82. The molecular weight excluding hydrogens is 204 g/mol. The molecule has 0 aliphatic carbocycles. The van der Waals surface area contributed by atoms with Crippen LogP contribution in [-0.2, 0) is 6.42 Å². The van der Waals surface area contributed by atoms with Crippen LogP contribution in [0.5, 0.6) is 5.75 Å². The molecule has 3 nitrogen and oxygen atoms in total. The van der Waals surface area contributed by atoms with E-state index in [1.165, 1.54) is 0 Å². The smallest absolute Gasteiger partial charge is 0.168 e. The molecule has 1 aliphatic heterocycles. The zero-order valence-corrected chi connectivity index (χ0v) is 7.96. The number of benzene rings is 1. The third kappa shape index (κ3) is 1.57. The van der Waals surface area contributed by atoms with Gasteiger partial charge in [-0.15, -0.1) is 0 Å². The molecule has 1 unspecified atom stereocenters. The Hall–Kier alpha value is -1.20. The molecule has 0 amide bonds. The molecule has 0 spiro atoms. The first kappa shape index (κ1) is 10.3. The third-order valence-corrected chi connectivity index (χ3v) is 2.49. The average molecular weight is 215 g/mol. The summed E-state index contributed by atoms with van der Waals surface area (Å²) in [6.07, 6.45) is 0.424. The zero-order valence-electron chi connectivity index (χ0n) is 7.96. The Bertz CT molecular complexity index is 395. The first-order valence-electron chi connectivity index (χ1n) is 4.65. The minimum absolute atomic E-state index is 0.0651. The van der Waals surface area contributed by atoms with Crippen molar-refractivity contribution in [3.05, 3.63) is 28.8 Å². The summed E-state index contributed by atoms with van der Waals surface area (Å²) in [4.78, 5) is 0. The molecule has 0 bridgehead atoms. The Morgan fingerprint density at radius 2 is 2.20 bits per heavy atom. The topological polar surface area (TPSA) is 55.5 Å². The molecular formula is C10H11F2NO2. The Kier molecular flexibility index (Phi) is 2.58. The first-order chi connectivity index (χ1) is 7.15. The summed E-state index contributed by atoms with van der Waals surface area (Å²) in [6, 6.07) is -0.0873. The van der Waals surface area contributed by atoms with Crippen molar-refractivity contribution < 1.29 is 18.6 Å². The van der Waals surface area contributed by atoms with Gasteiger partial charge in [-0.3, -0.25) is 0 Å². The van der Waals surface area contributed by atoms with Crippen LogP contribution in [0.3, 0.4) is 0 Å². The van der Waals surface area contributed by atoms with Crippen molar-refractivity contribution in [1.29, 1.82) is 0 Å². The SMILES string of the molecule is NC(CO)c1c(F)cc(F)c2c1CCO2. The Labute approximate surface area is 85.5 Å². The van der Waals surface area contributed by atoms with Gasteiger partial charge in [-0.2, -0.15) is 0 Å². The van der Waals surface area contributed by atoms with E-state index in [2.05, 4.69) is 0 Å². The van der Waals surface area contributed by atoms with E-state index in [1.54, 1.807) is 0 Å². The molecule has 1 aliphatic rings. The van der Waals surface area contributed by atoms with Crippen molar-refractivity contribution >= 4 is 0 Å². The highest BCUT2D eigenvalue weighted by atomic mass is 19.1. The van der Waals surface area contributed by atoms with Gasteiger partial charge in [0.25, 0.3) is 0 Å². The van der Waals surface area contributed by atoms with Crippen LogP contribution in [0.2, 0.25) is 0 Å². The molecule has 1 heterocycles. The van der Waals surface area contributed by atoms with E-state index in [0.29, 0.717) is 18.6 Å². The number of fused-ring (bicyclic) bond motifs is 1. The first-order valence-corrected chi connectivity index (χ1v) is 4.65. The predicted octanol–water partition coefficient (Wildman–Crippen LogP) is 0.892. The molecule has 2 rings (SSSR count). The van der Waals surface area contributed by atoms with E-state index < -0.39 is 17.7 Å². The van der Waals surface area contributed by atoms with Crippen molar-refractivity contribution in [3.63, 3.8) is 0 Å². The molecule has 0 radical (unpaired) electrons. The van der Waals surface area contributed by atoms with E-state index in [9.17, 15) is 8.78 Å². The lowest BCUT2D eigenvalue weighted by Gasteiger charge is -2.14. The highest BCUT2D eigenvalue weighted by Crippen LogP contribution is 2.35. The van der Waals surface area contributed by atoms with Gasteiger partial charge in [0.1, 0.15) is 5.82 Å². The van der Waals surface area contributed by atoms with Crippen LogP contribution < -0.4 is 10.5 Å². The molecule has 1 aromatic carbocycles. The van der Waals surface area contributed by atoms with Crippen molar-refractivity contribution in [3.8, 4) is 5.75 Å². The highest BCUT2D eigenvalue weighted by molar-refractivity contribution is 5.46. The summed E-state index contributed by atoms with van der Waals surface area (Å²) in [7, 11) is 0. The van der Waals surface area contributed by atoms with Gasteiger partial charge in [0.15, 0.2) is 11.6 Å². The van der Waals surface area contributed by atoms with Gasteiger partial charge in [-0.1, -0.05) is 0 Å². The van der Waals surface area contributed by atoms with E-state index in [1.807, 2.05) is 0 Å². The quantitative estimate of drug-likeness (QED) is 0.770. The van der Waals surface area contributed by atoms with Gasteiger partial charge >= 0.3 is 0 Å². The number of ether oxygens (including phenoxy) is 1. The minimum Gasteiger partial charge on any atom is -0.490 e. The van der Waals surface area contributed by atoms with Crippen LogP contribution in [0.4, 0.5) is 8.78 Å². The lowest BCUT2D eigenvalue weighted by molar-refractivity contribution is 0.264. The summed E-state index contributed by atoms with van der Waals surface area (Å²) in [5.41, 5.74) is 6.15. The maximum absolute atomic E-state index is 13.5. The molecule has 5 heteroatoms. The number of nitrogens with two attached hydrogens (primary N) is 1. The zero-order chi connectivity index (χ0) is 11.0. The summed E-state index contributed by atoms with van der Waals surface area (Å²) >= 11 is 0. The fourth-order valence-electron chi connectivity index (χ4n) is 1.82. The van der Waals surface area contributed by atoms with Gasteiger partial charge < -0.3 is 15.6 Å². The van der Waals surface area contributed by atoms with Crippen LogP contribution in [0, 0.1) is 11.6 Å². The van der Waals surface area contributed by atoms with Crippen LogP contribution in [-0.4, -0.2) is 18.3 Å². The molecule has 0 saturated heterocycles. The Morgan fingerprint density at radius 1 is 1.47 bits per heavy atom. The van der Waals surface area contributed by atoms with Crippen LogP contribution in [0.25, 0.3) is 0 Å². The van der Waals surface area contributed by atoms with Crippen molar-refractivity contribution in [2.45, 2.75) is 12.5 Å². The monoisotopic (exact) mass is 215 g/mol. The van der Waals surface area contributed by atoms with E-state index in [-0.39, 0.29) is 17.9 Å². The van der Waals surface area contributed by atoms with Crippen LogP contribution in [0.1, 0.15) is 17.2 Å². The largest absolute Gasteiger partial charge is 0.490 e. The fraction of sp³-hybridized carbons (Fsp3) is 0.400. The second-order valence-electron chi connectivity index (χ2n) is 3.45. The standard InChI is InChI=1S/C10H11F2NO2/c11-6-3-7(12)10-5(1-2-15-10)9(6)8(13)4-14/h3,8,14H,1-2,4,13H2. The Balaban J connectivity index is 2.59. The number of aliphatic hydroxyl groups is 1. The van der Waals surface area contributed by atoms with Crippen molar-refractivity contribution in [2.75, 3.05) is 13.2 Å². The average Bonchev–Trinajstić information content (AvgIpc) is 2.66. The number of aliphatic hydroxyl groups excluding tert-OH is 1. The minimum atomic E-state index is -0.832. The van der Waals surface area contributed by atoms with Crippen molar-refractivity contribution in [1.82, 2.24) is 0 Å². The van der Waals surface area contributed by atoms with Gasteiger partial charge in [0.05, 0.1) is 19.3 Å². The highest BCUT2D eigenvalue weighted by Gasteiger charge is 2.26. The van der Waals surface area contributed by atoms with E-state index in [4.69, 9.17) is 15.6 Å². The lowest BCUT2D eigenvalue weighted by atomic mass is 9.98. The summed E-state index contributed by atoms with van der Waals surface area (Å²) < 4.78 is 31.7. The summed E-state index contributed by atoms with van der Waals surface area (Å²) in [5.74, 6) is -1.37. The molecule has 0 saturated carbocycles. The summed E-state index contributed by atoms with van der Waals surface area (Å²) in [6.45, 7) is -0.0597. The van der Waals surface area contributed by atoms with Crippen LogP contribution >= 0.6 is 0 Å². The number of rotatable bonds is 2. The van der Waals surface area contributed by atoms with E-state index >= 15 is 0 Å². The molecule has 0 aromatic heterocycles. The maximum atomic E-state index is 13.5. The second kappa shape index (κ2) is 3.75. The predicted molar refractivity (Wildman–Crippen MR) is 49.6 cm³/mol. The maximum Gasteiger partial charge on any atom is 0.168 e. The second-order valence-corrected chi connectivity index (χ2v) is 3.45. The number of halogens is 2. The molecule has 1 atom stereocenters. The molecule has 15 heavy (non-hydrogen) atoms. The van der Waals surface area contributed by atoms with Gasteiger partial charge in [0.2, 0.25) is 0 Å². The molecule has 82 valence electrons. The number of hydrogen-bond acceptors (Lipinski definition) is 3. The molecule has 0 fully saturated rings. The van der Waals surface area contributed by atoms with Crippen LogP contribution in [0.15, 0.2) is 6.07 Å². The summed E-state index contributed by atoms with van der Waals surface area (Å²) in [5, 5.41) is 8.89. The van der Waals surface area contributed by atoms with E-state index in [0.717, 1.165) is 6.07 Å². The number of hydrogen-bond donors (Lipinski definition) is 2.